The first-order valence-electron chi connectivity index (χ1n) is 20.9. The maximum absolute atomic E-state index is 13.3. The summed E-state index contributed by atoms with van der Waals surface area (Å²) in [7, 11) is 0. The SMILES string of the molecule is CCC(C)(C#N)CCC(=O)NCCC(C)(C)OCC(C)(C)OC(C)(C)CC(C)(C)C(=O)NCCCCCOC1OC(OC(C)=O)C(OC(C)=O)C(OC(C)=O)C1NC(C)=O. The summed E-state index contributed by atoms with van der Waals surface area (Å²) in [5, 5.41) is 18.0. The van der Waals surface area contributed by atoms with Crippen LogP contribution < -0.4 is 16.0 Å². The summed E-state index contributed by atoms with van der Waals surface area (Å²) in [4.78, 5) is 73.6. The molecule has 1 fully saturated rings. The molecule has 1 aliphatic heterocycles. The number of esters is 3. The number of nitrogens with one attached hydrogen (secondary N) is 3. The van der Waals surface area contributed by atoms with Crippen molar-refractivity contribution in [3.8, 4) is 6.07 Å². The highest BCUT2D eigenvalue weighted by Crippen LogP contribution is 2.34. The number of carbonyl (C=O) groups is 6. The molecule has 17 heteroatoms. The van der Waals surface area contributed by atoms with Crippen LogP contribution in [0.15, 0.2) is 0 Å². The van der Waals surface area contributed by atoms with Gasteiger partial charge in [0.1, 0.15) is 6.04 Å². The smallest absolute Gasteiger partial charge is 0.305 e. The monoisotopic (exact) mass is 855 g/mol. The van der Waals surface area contributed by atoms with Gasteiger partial charge < -0.3 is 49.1 Å². The molecule has 0 aliphatic carbocycles. The summed E-state index contributed by atoms with van der Waals surface area (Å²) in [5.74, 6) is -2.92. The third kappa shape index (κ3) is 20.6. The number of hydrogen-bond acceptors (Lipinski definition) is 14. The van der Waals surface area contributed by atoms with E-state index in [9.17, 15) is 34.0 Å². The molecule has 0 aromatic heterocycles. The second-order valence-electron chi connectivity index (χ2n) is 18.4. The molecular weight excluding hydrogens is 780 g/mol. The quantitative estimate of drug-likeness (QED) is 0.0597. The van der Waals surface area contributed by atoms with Gasteiger partial charge in [-0.15, -0.1) is 0 Å². The van der Waals surface area contributed by atoms with Crippen LogP contribution in [0.25, 0.3) is 0 Å². The molecule has 0 saturated carbocycles. The lowest BCUT2D eigenvalue weighted by Gasteiger charge is -2.44. The average Bonchev–Trinajstić information content (AvgIpc) is 3.10. The van der Waals surface area contributed by atoms with Gasteiger partial charge >= 0.3 is 17.9 Å². The lowest BCUT2D eigenvalue weighted by molar-refractivity contribution is -0.321. The fourth-order valence-corrected chi connectivity index (χ4v) is 6.98. The Labute approximate surface area is 357 Å². The molecule has 0 spiro atoms. The van der Waals surface area contributed by atoms with E-state index in [1.54, 1.807) is 0 Å². The van der Waals surface area contributed by atoms with Crippen LogP contribution in [0.2, 0.25) is 0 Å². The molecule has 1 aliphatic rings. The van der Waals surface area contributed by atoms with E-state index in [2.05, 4.69) is 22.0 Å². The van der Waals surface area contributed by atoms with E-state index in [0.717, 1.165) is 20.8 Å². The predicted molar refractivity (Wildman–Crippen MR) is 220 cm³/mol. The van der Waals surface area contributed by atoms with Crippen molar-refractivity contribution in [3.63, 3.8) is 0 Å². The summed E-state index contributed by atoms with van der Waals surface area (Å²) in [6.07, 6.45) is -1.03. The lowest BCUT2D eigenvalue weighted by atomic mass is 9.80. The molecule has 0 aromatic carbocycles. The van der Waals surface area contributed by atoms with Crippen molar-refractivity contribution in [3.05, 3.63) is 0 Å². The second-order valence-corrected chi connectivity index (χ2v) is 18.4. The van der Waals surface area contributed by atoms with Gasteiger partial charge in [0.15, 0.2) is 12.4 Å². The predicted octanol–water partition coefficient (Wildman–Crippen LogP) is 4.91. The Kier molecular flexibility index (Phi) is 21.6. The van der Waals surface area contributed by atoms with Crippen LogP contribution in [-0.4, -0.2) is 110 Å². The molecular formula is C43H74N4O13. The van der Waals surface area contributed by atoms with E-state index in [-0.39, 0.29) is 18.4 Å². The van der Waals surface area contributed by atoms with Gasteiger partial charge in [-0.1, -0.05) is 20.8 Å². The van der Waals surface area contributed by atoms with Gasteiger partial charge in [-0.25, -0.2) is 0 Å². The molecule has 6 unspecified atom stereocenters. The molecule has 17 nitrogen and oxygen atoms in total. The van der Waals surface area contributed by atoms with Gasteiger partial charge in [0.2, 0.25) is 30.1 Å². The van der Waals surface area contributed by atoms with Crippen molar-refractivity contribution >= 4 is 35.6 Å². The molecule has 60 heavy (non-hydrogen) atoms. The van der Waals surface area contributed by atoms with Crippen LogP contribution in [0.4, 0.5) is 0 Å². The van der Waals surface area contributed by atoms with E-state index in [1.807, 2.05) is 69.2 Å². The maximum atomic E-state index is 13.3. The Balaban J connectivity index is 2.65. The van der Waals surface area contributed by atoms with Crippen LogP contribution in [0, 0.1) is 22.2 Å². The fourth-order valence-electron chi connectivity index (χ4n) is 6.98. The number of nitriles is 1. The van der Waals surface area contributed by atoms with Gasteiger partial charge in [0.05, 0.1) is 34.9 Å². The molecule has 1 saturated heterocycles. The van der Waals surface area contributed by atoms with E-state index < -0.39 is 82.3 Å². The summed E-state index contributed by atoms with van der Waals surface area (Å²) in [6, 6.07) is 1.20. The third-order valence-corrected chi connectivity index (χ3v) is 10.0. The van der Waals surface area contributed by atoms with Crippen LogP contribution in [0.3, 0.4) is 0 Å². The summed E-state index contributed by atoms with van der Waals surface area (Å²) < 4.78 is 40.5. The van der Waals surface area contributed by atoms with Crippen LogP contribution in [0.5, 0.6) is 0 Å². The molecule has 0 aromatic rings. The average molecular weight is 855 g/mol. The molecule has 1 heterocycles. The number of carbonyl (C=O) groups excluding carboxylic acids is 6. The first-order chi connectivity index (χ1) is 27.6. The summed E-state index contributed by atoms with van der Waals surface area (Å²) >= 11 is 0. The fraction of sp³-hybridized carbons (Fsp3) is 0.837. The van der Waals surface area contributed by atoms with Crippen molar-refractivity contribution in [1.29, 1.82) is 5.26 Å². The number of amides is 3. The van der Waals surface area contributed by atoms with Crippen LogP contribution >= 0.6 is 0 Å². The zero-order valence-electron chi connectivity index (χ0n) is 38.6. The first-order valence-corrected chi connectivity index (χ1v) is 20.9. The molecule has 3 N–H and O–H groups in total. The van der Waals surface area contributed by atoms with Gasteiger partial charge in [-0.2, -0.15) is 5.26 Å². The highest BCUT2D eigenvalue weighted by Gasteiger charge is 2.52. The standard InChI is InChI=1S/C43H74N4O13/c1-15-43(14,26-44)20-19-32(52)45-23-21-40(8,9)55-27-42(12,13)60-41(10,11)25-39(6,7)38(53)46-22-17-16-18-24-54-36-33(47-28(2)48)34(56-29(3)49)35(57-30(4)50)37(59-36)58-31(5)51/h33-37H,15-25,27H2,1-14H3,(H,45,52)(H,46,53)(H,47,48). The van der Waals surface area contributed by atoms with Crippen LogP contribution in [0.1, 0.15) is 148 Å². The van der Waals surface area contributed by atoms with E-state index in [4.69, 9.17) is 33.2 Å². The summed E-state index contributed by atoms with van der Waals surface area (Å²) in [6.45, 7) is 25.2. The van der Waals surface area contributed by atoms with Gasteiger partial charge in [-0.05, 0) is 93.4 Å². The minimum atomic E-state index is -1.48. The van der Waals surface area contributed by atoms with Crippen LogP contribution in [-0.2, 0) is 61.9 Å². The third-order valence-electron chi connectivity index (χ3n) is 10.0. The number of unbranched alkanes of at least 4 members (excludes halogenated alkanes) is 2. The highest BCUT2D eigenvalue weighted by atomic mass is 16.8. The molecule has 1 rings (SSSR count). The van der Waals surface area contributed by atoms with E-state index >= 15 is 0 Å². The Hall–Kier alpha value is -3.85. The topological polar surface area (TPSA) is 227 Å². The molecule has 0 bridgehead atoms. The zero-order chi connectivity index (χ0) is 46.1. The van der Waals surface area contributed by atoms with Crippen molar-refractivity contribution in [2.45, 2.75) is 196 Å². The second kappa shape index (κ2) is 24.0. The zero-order valence-corrected chi connectivity index (χ0v) is 38.6. The minimum absolute atomic E-state index is 0.0823. The van der Waals surface area contributed by atoms with Crippen molar-refractivity contribution in [1.82, 2.24) is 16.0 Å². The van der Waals surface area contributed by atoms with Crippen molar-refractivity contribution < 1.29 is 61.9 Å². The van der Waals surface area contributed by atoms with Crippen molar-refractivity contribution in [2.24, 2.45) is 10.8 Å². The number of hydrogen-bond donors (Lipinski definition) is 3. The van der Waals surface area contributed by atoms with Gasteiger partial charge in [0, 0.05) is 59.2 Å². The minimum Gasteiger partial charge on any atom is -0.456 e. The summed E-state index contributed by atoms with van der Waals surface area (Å²) in [5.41, 5.74) is -3.17. The van der Waals surface area contributed by atoms with E-state index in [0.29, 0.717) is 71.1 Å². The van der Waals surface area contributed by atoms with Gasteiger partial charge in [-0.3, -0.25) is 28.8 Å². The lowest BCUT2D eigenvalue weighted by Crippen LogP contribution is -2.66. The maximum Gasteiger partial charge on any atom is 0.305 e. The normalized spacial score (nSPS) is 20.8. The molecule has 3 amide bonds. The van der Waals surface area contributed by atoms with Gasteiger partial charge in [0.25, 0.3) is 0 Å². The first kappa shape index (κ1) is 54.2. The van der Waals surface area contributed by atoms with E-state index in [1.165, 1.54) is 6.92 Å². The van der Waals surface area contributed by atoms with Crippen molar-refractivity contribution in [2.75, 3.05) is 26.3 Å². The number of ether oxygens (including phenoxy) is 7. The molecule has 6 atom stereocenters. The highest BCUT2D eigenvalue weighted by molar-refractivity contribution is 5.81. The number of nitrogens with zero attached hydrogens (tertiary/aromatic N) is 1. The molecule has 344 valence electrons. The Morgan fingerprint density at radius 2 is 1.30 bits per heavy atom. The largest absolute Gasteiger partial charge is 0.456 e. The Bertz CT molecular complexity index is 1490. The number of rotatable bonds is 26. The Morgan fingerprint density at radius 3 is 1.85 bits per heavy atom. The Morgan fingerprint density at radius 1 is 0.700 bits per heavy atom. The molecule has 0 radical (unpaired) electrons.